The van der Waals surface area contributed by atoms with E-state index in [0.29, 0.717) is 42.7 Å². The van der Waals surface area contributed by atoms with Crippen molar-refractivity contribution < 1.29 is 14.3 Å². The minimum Gasteiger partial charge on any atom is -0.497 e. The van der Waals surface area contributed by atoms with Gasteiger partial charge in [0.15, 0.2) is 5.78 Å². The Hall–Kier alpha value is -2.53. The van der Waals surface area contributed by atoms with Crippen LogP contribution in [0.5, 0.6) is 5.75 Å². The quantitative estimate of drug-likeness (QED) is 0.657. The Bertz CT molecular complexity index is 769. The average molecular weight is 375 g/mol. The van der Waals surface area contributed by atoms with E-state index < -0.39 is 0 Å². The number of ether oxygens (including phenoxy) is 1. The second-order valence-electron chi connectivity index (χ2n) is 6.25. The molecule has 0 aliphatic carbocycles. The Balaban J connectivity index is 0.00000243. The third-order valence-corrected chi connectivity index (χ3v) is 4.72. The van der Waals surface area contributed by atoms with Gasteiger partial charge in [0.25, 0.3) is 5.91 Å². The van der Waals surface area contributed by atoms with E-state index in [1.165, 1.54) is 0 Å². The number of hydrogen-bond acceptors (Lipinski definition) is 4. The molecule has 1 fully saturated rings. The Kier molecular flexibility index (Phi) is 6.64. The molecule has 0 radical (unpaired) electrons. The van der Waals surface area contributed by atoms with Crippen molar-refractivity contribution in [1.82, 2.24) is 4.90 Å². The summed E-state index contributed by atoms with van der Waals surface area (Å²) in [7, 11) is 1.60. The lowest BCUT2D eigenvalue weighted by Crippen LogP contribution is -2.40. The van der Waals surface area contributed by atoms with Crippen LogP contribution >= 0.6 is 12.4 Å². The van der Waals surface area contributed by atoms with E-state index in [1.54, 1.807) is 48.4 Å². The van der Waals surface area contributed by atoms with Gasteiger partial charge in [0.1, 0.15) is 5.75 Å². The number of para-hydroxylation sites is 1. The summed E-state index contributed by atoms with van der Waals surface area (Å²) >= 11 is 0. The van der Waals surface area contributed by atoms with Crippen LogP contribution in [-0.4, -0.2) is 36.8 Å². The molecule has 2 aromatic rings. The van der Waals surface area contributed by atoms with Crippen LogP contribution in [0.4, 0.5) is 5.69 Å². The zero-order chi connectivity index (χ0) is 17.8. The summed E-state index contributed by atoms with van der Waals surface area (Å²) in [6.07, 6.45) is 1.34. The third kappa shape index (κ3) is 4.17. The van der Waals surface area contributed by atoms with E-state index >= 15 is 0 Å². The first-order valence-corrected chi connectivity index (χ1v) is 8.42. The van der Waals surface area contributed by atoms with E-state index in [0.717, 1.165) is 5.75 Å². The Labute approximate surface area is 159 Å². The van der Waals surface area contributed by atoms with Gasteiger partial charge in [-0.2, -0.15) is 0 Å². The molecule has 26 heavy (non-hydrogen) atoms. The number of anilines is 1. The molecule has 3 rings (SSSR count). The van der Waals surface area contributed by atoms with Gasteiger partial charge in [-0.15, -0.1) is 12.4 Å². The maximum Gasteiger partial charge on any atom is 0.255 e. The molecule has 0 saturated carbocycles. The van der Waals surface area contributed by atoms with Crippen molar-refractivity contribution in [2.24, 2.45) is 5.92 Å². The van der Waals surface area contributed by atoms with Crippen LogP contribution in [0.3, 0.4) is 0 Å². The number of ketones is 1. The monoisotopic (exact) mass is 374 g/mol. The number of halogens is 1. The lowest BCUT2D eigenvalue weighted by molar-refractivity contribution is 0.0651. The lowest BCUT2D eigenvalue weighted by atomic mass is 9.88. The highest BCUT2D eigenvalue weighted by Gasteiger charge is 2.28. The fraction of sp³-hybridized carbons (Fsp3) is 0.300. The van der Waals surface area contributed by atoms with Crippen LogP contribution in [0.15, 0.2) is 48.5 Å². The molecule has 0 unspecified atom stereocenters. The number of nitrogens with zero attached hydrogens (tertiary/aromatic N) is 1. The van der Waals surface area contributed by atoms with Crippen LogP contribution in [0, 0.1) is 5.92 Å². The summed E-state index contributed by atoms with van der Waals surface area (Å²) in [5.74, 6) is 0.755. The van der Waals surface area contributed by atoms with Crippen LogP contribution in [0.25, 0.3) is 0 Å². The molecule has 1 aliphatic rings. The molecule has 138 valence electrons. The van der Waals surface area contributed by atoms with Crippen molar-refractivity contribution in [3.8, 4) is 5.75 Å². The fourth-order valence-electron chi connectivity index (χ4n) is 3.20. The second-order valence-corrected chi connectivity index (χ2v) is 6.25. The Morgan fingerprint density at radius 1 is 1.04 bits per heavy atom. The number of carbonyl (C=O) groups excluding carboxylic acids is 2. The van der Waals surface area contributed by atoms with Crippen molar-refractivity contribution in [3.63, 3.8) is 0 Å². The summed E-state index contributed by atoms with van der Waals surface area (Å²) in [6, 6.07) is 14.3. The molecule has 6 heteroatoms. The summed E-state index contributed by atoms with van der Waals surface area (Å²) in [4.78, 5) is 27.0. The molecule has 5 nitrogen and oxygen atoms in total. The molecule has 1 saturated heterocycles. The number of amides is 1. The minimum absolute atomic E-state index is 0. The number of methoxy groups -OCH3 is 1. The van der Waals surface area contributed by atoms with Crippen LogP contribution < -0.4 is 10.5 Å². The van der Waals surface area contributed by atoms with Crippen LogP contribution in [0.2, 0.25) is 0 Å². The highest BCUT2D eigenvalue weighted by molar-refractivity contribution is 6.00. The zero-order valence-corrected chi connectivity index (χ0v) is 15.5. The number of benzene rings is 2. The third-order valence-electron chi connectivity index (χ3n) is 4.72. The molecular formula is C20H23ClN2O3. The van der Waals surface area contributed by atoms with Gasteiger partial charge < -0.3 is 15.4 Å². The van der Waals surface area contributed by atoms with Crippen molar-refractivity contribution in [2.45, 2.75) is 12.8 Å². The molecule has 1 amide bonds. The van der Waals surface area contributed by atoms with Crippen LogP contribution in [0.1, 0.15) is 33.6 Å². The van der Waals surface area contributed by atoms with Crippen molar-refractivity contribution in [1.29, 1.82) is 0 Å². The van der Waals surface area contributed by atoms with Gasteiger partial charge in [0.2, 0.25) is 0 Å². The SMILES string of the molecule is COc1ccc(C(=O)C2CCN(C(=O)c3ccccc3N)CC2)cc1.Cl. The molecule has 0 atom stereocenters. The molecule has 2 N–H and O–H groups in total. The summed E-state index contributed by atoms with van der Waals surface area (Å²) in [6.45, 7) is 1.14. The first-order chi connectivity index (χ1) is 12.1. The lowest BCUT2D eigenvalue weighted by Gasteiger charge is -2.31. The maximum absolute atomic E-state index is 12.6. The molecule has 1 heterocycles. The number of hydrogen-bond donors (Lipinski definition) is 1. The Morgan fingerprint density at radius 2 is 1.65 bits per heavy atom. The number of piperidine rings is 1. The predicted octanol–water partition coefficient (Wildman–Crippen LogP) is 3.43. The van der Waals surface area contributed by atoms with Gasteiger partial charge in [-0.25, -0.2) is 0 Å². The topological polar surface area (TPSA) is 72.6 Å². The van der Waals surface area contributed by atoms with Gasteiger partial charge in [0.05, 0.1) is 12.7 Å². The van der Waals surface area contributed by atoms with Crippen molar-refractivity contribution in [2.75, 3.05) is 25.9 Å². The number of rotatable bonds is 4. The van der Waals surface area contributed by atoms with E-state index in [1.807, 2.05) is 12.1 Å². The molecule has 0 bridgehead atoms. The maximum atomic E-state index is 12.6. The fourth-order valence-corrected chi connectivity index (χ4v) is 3.20. The number of nitrogens with two attached hydrogens (primary N) is 1. The number of nitrogen functional groups attached to an aromatic ring is 1. The van der Waals surface area contributed by atoms with Crippen molar-refractivity contribution in [3.05, 3.63) is 59.7 Å². The van der Waals surface area contributed by atoms with E-state index in [9.17, 15) is 9.59 Å². The normalized spacial score (nSPS) is 14.4. The van der Waals surface area contributed by atoms with Crippen LogP contribution in [-0.2, 0) is 0 Å². The first kappa shape index (κ1) is 19.8. The zero-order valence-electron chi connectivity index (χ0n) is 14.7. The number of Topliss-reactive ketones (excluding diaryl/α,β-unsaturated/α-hetero) is 1. The van der Waals surface area contributed by atoms with E-state index in [2.05, 4.69) is 0 Å². The number of likely N-dealkylation sites (tertiary alicyclic amines) is 1. The van der Waals surface area contributed by atoms with E-state index in [-0.39, 0.29) is 30.0 Å². The molecule has 0 spiro atoms. The van der Waals surface area contributed by atoms with Gasteiger partial charge in [-0.1, -0.05) is 12.1 Å². The summed E-state index contributed by atoms with van der Waals surface area (Å²) < 4.78 is 5.12. The molecule has 1 aliphatic heterocycles. The average Bonchev–Trinajstić information content (AvgIpc) is 2.67. The predicted molar refractivity (Wildman–Crippen MR) is 104 cm³/mol. The first-order valence-electron chi connectivity index (χ1n) is 8.42. The largest absolute Gasteiger partial charge is 0.497 e. The van der Waals surface area contributed by atoms with Gasteiger partial charge in [-0.05, 0) is 49.2 Å². The molecular weight excluding hydrogens is 352 g/mol. The van der Waals surface area contributed by atoms with E-state index in [4.69, 9.17) is 10.5 Å². The van der Waals surface area contributed by atoms with Gasteiger partial charge >= 0.3 is 0 Å². The smallest absolute Gasteiger partial charge is 0.255 e. The second kappa shape index (κ2) is 8.72. The standard InChI is InChI=1S/C20H22N2O3.ClH/c1-25-16-8-6-14(7-9-16)19(23)15-10-12-22(13-11-15)20(24)17-4-2-3-5-18(17)21;/h2-9,15H,10-13,21H2,1H3;1H. The summed E-state index contributed by atoms with van der Waals surface area (Å²) in [5.41, 5.74) is 7.60. The van der Waals surface area contributed by atoms with Gasteiger partial charge in [-0.3, -0.25) is 9.59 Å². The highest BCUT2D eigenvalue weighted by atomic mass is 35.5. The van der Waals surface area contributed by atoms with Crippen molar-refractivity contribution >= 4 is 29.8 Å². The molecule has 0 aromatic heterocycles. The highest BCUT2D eigenvalue weighted by Crippen LogP contribution is 2.25. The van der Waals surface area contributed by atoms with Gasteiger partial charge in [0, 0.05) is 30.3 Å². The molecule has 2 aromatic carbocycles. The Morgan fingerprint density at radius 3 is 2.23 bits per heavy atom. The minimum atomic E-state index is -0.0616. The summed E-state index contributed by atoms with van der Waals surface area (Å²) in [5, 5.41) is 0. The number of carbonyl (C=O) groups is 2.